The maximum Gasteiger partial charge on any atom is 0.285 e. The van der Waals surface area contributed by atoms with Crippen LogP contribution in [0.4, 0.5) is 5.69 Å². The van der Waals surface area contributed by atoms with Crippen molar-refractivity contribution in [2.45, 2.75) is 36.0 Å². The standard InChI is InChI=1S/C13H18N2O3S/c1-9-10(14-2)7-8-12(9)19(18)13-6-4-3-5-11(13)15(16)17/h3-6,9-10,12,14H,7-8H2,1-2H3. The summed E-state index contributed by atoms with van der Waals surface area (Å²) in [4.78, 5) is 10.9. The van der Waals surface area contributed by atoms with Crippen molar-refractivity contribution < 1.29 is 9.13 Å². The molecule has 0 spiro atoms. The van der Waals surface area contributed by atoms with Gasteiger partial charge in [-0.25, -0.2) is 0 Å². The molecule has 1 aliphatic carbocycles. The van der Waals surface area contributed by atoms with Gasteiger partial charge in [-0.1, -0.05) is 19.1 Å². The molecule has 4 unspecified atom stereocenters. The van der Waals surface area contributed by atoms with Crippen LogP contribution in [0.2, 0.25) is 0 Å². The summed E-state index contributed by atoms with van der Waals surface area (Å²) in [5.74, 6) is 0.255. The van der Waals surface area contributed by atoms with Gasteiger partial charge in [-0.3, -0.25) is 14.3 Å². The normalized spacial score (nSPS) is 28.2. The summed E-state index contributed by atoms with van der Waals surface area (Å²) in [7, 11) is 0.575. The summed E-state index contributed by atoms with van der Waals surface area (Å²) < 4.78 is 12.6. The van der Waals surface area contributed by atoms with Crippen molar-refractivity contribution in [3.63, 3.8) is 0 Å². The molecule has 104 valence electrons. The van der Waals surface area contributed by atoms with Crippen molar-refractivity contribution >= 4 is 16.5 Å². The lowest BCUT2D eigenvalue weighted by Crippen LogP contribution is -2.32. The Kier molecular flexibility index (Phi) is 4.31. The molecule has 0 aromatic heterocycles. The van der Waals surface area contributed by atoms with Crippen LogP contribution in [-0.2, 0) is 10.8 Å². The SMILES string of the molecule is CNC1CCC(S(=O)c2ccccc2[N+](=O)[O-])C1C. The van der Waals surface area contributed by atoms with Crippen LogP contribution in [-0.4, -0.2) is 27.5 Å². The van der Waals surface area contributed by atoms with Gasteiger partial charge in [-0.2, -0.15) is 0 Å². The van der Waals surface area contributed by atoms with Crippen molar-refractivity contribution in [3.05, 3.63) is 34.4 Å². The van der Waals surface area contributed by atoms with Crippen LogP contribution in [0.15, 0.2) is 29.2 Å². The smallest absolute Gasteiger partial charge is 0.285 e. The molecule has 1 aromatic carbocycles. The first-order valence-electron chi connectivity index (χ1n) is 6.37. The van der Waals surface area contributed by atoms with E-state index < -0.39 is 15.7 Å². The van der Waals surface area contributed by atoms with Gasteiger partial charge in [0.05, 0.1) is 15.7 Å². The molecule has 1 aromatic rings. The number of benzene rings is 1. The van der Waals surface area contributed by atoms with E-state index in [0.717, 1.165) is 12.8 Å². The number of nitrogens with one attached hydrogen (secondary N) is 1. The Balaban J connectivity index is 2.28. The second-order valence-electron chi connectivity index (χ2n) is 4.89. The molecule has 5 nitrogen and oxygen atoms in total. The molecule has 2 rings (SSSR count). The quantitative estimate of drug-likeness (QED) is 0.678. The molecular weight excluding hydrogens is 264 g/mol. The molecule has 0 aliphatic heterocycles. The van der Waals surface area contributed by atoms with E-state index in [1.54, 1.807) is 18.2 Å². The van der Waals surface area contributed by atoms with Gasteiger partial charge < -0.3 is 5.32 Å². The van der Waals surface area contributed by atoms with E-state index >= 15 is 0 Å². The summed E-state index contributed by atoms with van der Waals surface area (Å²) in [5, 5.41) is 14.2. The number of para-hydroxylation sites is 1. The fourth-order valence-electron chi connectivity index (χ4n) is 2.78. The molecule has 0 heterocycles. The summed E-state index contributed by atoms with van der Waals surface area (Å²) in [6.07, 6.45) is 1.81. The van der Waals surface area contributed by atoms with Crippen LogP contribution in [0, 0.1) is 16.0 Å². The fraction of sp³-hybridized carbons (Fsp3) is 0.538. The van der Waals surface area contributed by atoms with E-state index in [1.165, 1.54) is 6.07 Å². The molecule has 4 atom stereocenters. The maximum absolute atomic E-state index is 12.6. The van der Waals surface area contributed by atoms with E-state index in [9.17, 15) is 14.3 Å². The molecule has 1 fully saturated rings. The fourth-order valence-corrected chi connectivity index (χ4v) is 4.60. The molecule has 0 radical (unpaired) electrons. The lowest BCUT2D eigenvalue weighted by molar-refractivity contribution is -0.387. The number of nitro benzene ring substituents is 1. The average molecular weight is 282 g/mol. The van der Waals surface area contributed by atoms with Gasteiger partial charge in [0.1, 0.15) is 4.90 Å². The Morgan fingerprint density at radius 2 is 2.05 bits per heavy atom. The van der Waals surface area contributed by atoms with Crippen molar-refractivity contribution in [3.8, 4) is 0 Å². The van der Waals surface area contributed by atoms with Gasteiger partial charge in [0.2, 0.25) is 0 Å². The first kappa shape index (κ1) is 14.1. The largest absolute Gasteiger partial charge is 0.317 e. The number of hydrogen-bond donors (Lipinski definition) is 1. The zero-order valence-electron chi connectivity index (χ0n) is 11.0. The van der Waals surface area contributed by atoms with Crippen LogP contribution in [0.5, 0.6) is 0 Å². The second-order valence-corrected chi connectivity index (χ2v) is 6.53. The van der Waals surface area contributed by atoms with Crippen LogP contribution in [0.3, 0.4) is 0 Å². The zero-order valence-corrected chi connectivity index (χ0v) is 11.9. The minimum absolute atomic E-state index is 0.0152. The van der Waals surface area contributed by atoms with Crippen molar-refractivity contribution in [1.82, 2.24) is 5.32 Å². The van der Waals surface area contributed by atoms with E-state index in [2.05, 4.69) is 12.2 Å². The monoisotopic (exact) mass is 282 g/mol. The Hall–Kier alpha value is -1.27. The molecule has 1 aliphatic rings. The first-order chi connectivity index (χ1) is 9.06. The molecule has 0 saturated heterocycles. The molecule has 6 heteroatoms. The lowest BCUT2D eigenvalue weighted by Gasteiger charge is -2.19. The Bertz CT molecular complexity index is 506. The van der Waals surface area contributed by atoms with Crippen molar-refractivity contribution in [2.75, 3.05) is 7.05 Å². The summed E-state index contributed by atoms with van der Waals surface area (Å²) >= 11 is 0. The third-order valence-electron chi connectivity index (χ3n) is 3.91. The molecular formula is C13H18N2O3S. The van der Waals surface area contributed by atoms with Crippen molar-refractivity contribution in [2.24, 2.45) is 5.92 Å². The van der Waals surface area contributed by atoms with Crippen LogP contribution >= 0.6 is 0 Å². The predicted molar refractivity (Wildman–Crippen MR) is 74.5 cm³/mol. The molecule has 19 heavy (non-hydrogen) atoms. The van der Waals surface area contributed by atoms with E-state index in [1.807, 2.05) is 7.05 Å². The second kappa shape index (κ2) is 5.79. The molecule has 1 saturated carbocycles. The van der Waals surface area contributed by atoms with Gasteiger partial charge in [0.15, 0.2) is 0 Å². The summed E-state index contributed by atoms with van der Waals surface area (Å²) in [5.41, 5.74) is -0.0408. The number of rotatable bonds is 4. The summed E-state index contributed by atoms with van der Waals surface area (Å²) in [6.45, 7) is 2.06. The highest BCUT2D eigenvalue weighted by molar-refractivity contribution is 7.85. The molecule has 1 N–H and O–H groups in total. The van der Waals surface area contributed by atoms with Crippen LogP contribution < -0.4 is 5.32 Å². The topological polar surface area (TPSA) is 72.2 Å². The zero-order chi connectivity index (χ0) is 14.0. The number of hydrogen-bond acceptors (Lipinski definition) is 4. The van der Waals surface area contributed by atoms with E-state index in [4.69, 9.17) is 0 Å². The van der Waals surface area contributed by atoms with Crippen LogP contribution in [0.1, 0.15) is 19.8 Å². The number of nitro groups is 1. The number of nitrogens with zero attached hydrogens (tertiary/aromatic N) is 1. The van der Waals surface area contributed by atoms with Gasteiger partial charge in [-0.15, -0.1) is 0 Å². The predicted octanol–water partition coefficient (Wildman–Crippen LogP) is 2.09. The third-order valence-corrected chi connectivity index (χ3v) is 5.90. The minimum atomic E-state index is -1.32. The lowest BCUT2D eigenvalue weighted by atomic mass is 10.1. The molecule has 0 bridgehead atoms. The van der Waals surface area contributed by atoms with Gasteiger partial charge in [0.25, 0.3) is 5.69 Å². The van der Waals surface area contributed by atoms with Gasteiger partial charge in [-0.05, 0) is 31.9 Å². The van der Waals surface area contributed by atoms with E-state index in [-0.39, 0.29) is 16.9 Å². The van der Waals surface area contributed by atoms with Gasteiger partial charge in [0, 0.05) is 17.4 Å². The van der Waals surface area contributed by atoms with Gasteiger partial charge >= 0.3 is 0 Å². The Morgan fingerprint density at radius 1 is 1.37 bits per heavy atom. The highest BCUT2D eigenvalue weighted by Gasteiger charge is 2.37. The Labute approximate surface area is 115 Å². The highest BCUT2D eigenvalue weighted by Crippen LogP contribution is 2.34. The highest BCUT2D eigenvalue weighted by atomic mass is 32.2. The summed E-state index contributed by atoms with van der Waals surface area (Å²) in [6, 6.07) is 6.68. The van der Waals surface area contributed by atoms with Crippen LogP contribution in [0.25, 0.3) is 0 Å². The first-order valence-corrected chi connectivity index (χ1v) is 7.58. The van der Waals surface area contributed by atoms with Crippen molar-refractivity contribution in [1.29, 1.82) is 0 Å². The average Bonchev–Trinajstić information content (AvgIpc) is 2.79. The molecule has 0 amide bonds. The Morgan fingerprint density at radius 3 is 2.63 bits per heavy atom. The maximum atomic E-state index is 12.6. The van der Waals surface area contributed by atoms with E-state index in [0.29, 0.717) is 10.9 Å². The minimum Gasteiger partial charge on any atom is -0.317 e. The third kappa shape index (κ3) is 2.69.